The van der Waals surface area contributed by atoms with Crippen molar-refractivity contribution < 1.29 is 0 Å². The van der Waals surface area contributed by atoms with Gasteiger partial charge in [-0.1, -0.05) is 49.4 Å². The molecule has 2 nitrogen and oxygen atoms in total. The molecule has 0 aliphatic heterocycles. The number of fused-ring (bicyclic) bond motifs is 1. The predicted molar refractivity (Wildman–Crippen MR) is 86.9 cm³/mol. The van der Waals surface area contributed by atoms with E-state index < -0.39 is 0 Å². The highest BCUT2D eigenvalue weighted by Crippen LogP contribution is 2.28. The maximum Gasteiger partial charge on any atom is 0.113 e. The van der Waals surface area contributed by atoms with Gasteiger partial charge >= 0.3 is 0 Å². The molecule has 0 fully saturated rings. The Morgan fingerprint density at radius 1 is 1.15 bits per heavy atom. The molecule has 1 atom stereocenters. The second kappa shape index (κ2) is 6.29. The van der Waals surface area contributed by atoms with Gasteiger partial charge in [0.05, 0.1) is 5.88 Å². The maximum atomic E-state index is 5.81. The van der Waals surface area contributed by atoms with Gasteiger partial charge in [-0.15, -0.1) is 24.0 Å². The number of hydrogen-bond donors (Lipinski definition) is 1. The van der Waals surface area contributed by atoms with Crippen LogP contribution in [0, 0.1) is 0 Å². The molecule has 3 rings (SSSR count). The van der Waals surface area contributed by atoms with Gasteiger partial charge in [0.25, 0.3) is 0 Å². The highest BCUT2D eigenvalue weighted by atomic mass is 35.5. The normalized spacial score (nSPS) is 12.1. The summed E-state index contributed by atoms with van der Waals surface area (Å²) in [6.07, 6.45) is 1.81. The van der Waals surface area contributed by atoms with Crippen molar-refractivity contribution in [1.82, 2.24) is 9.97 Å². The average Bonchev–Trinajstić information content (AvgIpc) is 2.95. The third-order valence-corrected chi connectivity index (χ3v) is 3.78. The summed E-state index contributed by atoms with van der Waals surface area (Å²) < 4.78 is 0. The Balaban J connectivity index is 0.00000147. The number of aromatic amines is 1. The van der Waals surface area contributed by atoms with Crippen LogP contribution in [-0.4, -0.2) is 9.97 Å². The van der Waals surface area contributed by atoms with E-state index >= 15 is 0 Å². The number of rotatable bonds is 3. The molecule has 0 aliphatic carbocycles. The number of hydrogen-bond acceptors (Lipinski definition) is 1. The Hall–Kier alpha value is -1.51. The van der Waals surface area contributed by atoms with Crippen LogP contribution in [-0.2, 0) is 5.88 Å². The Morgan fingerprint density at radius 3 is 2.65 bits per heavy atom. The van der Waals surface area contributed by atoms with Gasteiger partial charge in [-0.05, 0) is 16.3 Å². The lowest BCUT2D eigenvalue weighted by atomic mass is 9.94. The molecule has 0 aliphatic rings. The molecule has 1 aromatic heterocycles. The number of benzene rings is 2. The first-order valence-corrected chi connectivity index (χ1v) is 6.90. The van der Waals surface area contributed by atoms with E-state index in [0.717, 1.165) is 11.5 Å². The summed E-state index contributed by atoms with van der Waals surface area (Å²) in [6.45, 7) is 2.17. The summed E-state index contributed by atoms with van der Waals surface area (Å²) in [5, 5.41) is 2.54. The lowest BCUT2D eigenvalue weighted by molar-refractivity contribution is 0.843. The minimum absolute atomic E-state index is 0. The fraction of sp³-hybridized carbons (Fsp3) is 0.188. The minimum atomic E-state index is 0. The molecule has 4 heteroatoms. The molecule has 0 amide bonds. The molecule has 1 heterocycles. The standard InChI is InChI=1S/C16H15ClN2.ClH/c1-11(16-18-10-13(9-17)19-16)14-8-4-6-12-5-2-3-7-15(12)14;/h2-8,10-11H,9H2,1H3,(H,18,19);1H. The molecule has 3 aromatic rings. The van der Waals surface area contributed by atoms with E-state index in [4.69, 9.17) is 11.6 Å². The van der Waals surface area contributed by atoms with Crippen molar-refractivity contribution in [2.24, 2.45) is 0 Å². The smallest absolute Gasteiger partial charge is 0.113 e. The van der Waals surface area contributed by atoms with Crippen LogP contribution in [0.3, 0.4) is 0 Å². The molecule has 104 valence electrons. The topological polar surface area (TPSA) is 28.7 Å². The van der Waals surface area contributed by atoms with Crippen LogP contribution in [0.2, 0.25) is 0 Å². The highest BCUT2D eigenvalue weighted by molar-refractivity contribution is 6.16. The molecule has 0 saturated heterocycles. The van der Waals surface area contributed by atoms with Crippen LogP contribution >= 0.6 is 24.0 Å². The number of nitrogens with zero attached hydrogens (tertiary/aromatic N) is 1. The molecule has 0 saturated carbocycles. The first kappa shape index (κ1) is 14.9. The first-order chi connectivity index (χ1) is 9.29. The van der Waals surface area contributed by atoms with E-state index in [0.29, 0.717) is 5.88 Å². The van der Waals surface area contributed by atoms with Crippen molar-refractivity contribution in [2.45, 2.75) is 18.7 Å². The zero-order valence-corrected chi connectivity index (χ0v) is 12.7. The third-order valence-electron chi connectivity index (χ3n) is 3.49. The Labute approximate surface area is 129 Å². The SMILES string of the molecule is CC(c1ncc(CCl)[nH]1)c1cccc2ccccc12.Cl. The number of alkyl halides is 1. The average molecular weight is 307 g/mol. The van der Waals surface area contributed by atoms with Crippen molar-refractivity contribution in [3.63, 3.8) is 0 Å². The van der Waals surface area contributed by atoms with Crippen molar-refractivity contribution in [3.05, 3.63) is 65.7 Å². The number of imidazole rings is 1. The van der Waals surface area contributed by atoms with Gasteiger partial charge in [-0.25, -0.2) is 4.98 Å². The Bertz CT molecular complexity index is 701. The summed E-state index contributed by atoms with van der Waals surface area (Å²) in [5.74, 6) is 1.66. The zero-order chi connectivity index (χ0) is 13.2. The third kappa shape index (κ3) is 2.67. The zero-order valence-electron chi connectivity index (χ0n) is 11.1. The lowest BCUT2D eigenvalue weighted by Crippen LogP contribution is -1.99. The number of aromatic nitrogens is 2. The molecular formula is C16H16Cl2N2. The largest absolute Gasteiger partial charge is 0.344 e. The monoisotopic (exact) mass is 306 g/mol. The molecular weight excluding hydrogens is 291 g/mol. The van der Waals surface area contributed by atoms with Gasteiger partial charge in [0.15, 0.2) is 0 Å². The second-order valence-electron chi connectivity index (χ2n) is 4.72. The van der Waals surface area contributed by atoms with Crippen LogP contribution < -0.4 is 0 Å². The minimum Gasteiger partial charge on any atom is -0.344 e. The van der Waals surface area contributed by atoms with Crippen LogP contribution in [0.5, 0.6) is 0 Å². The fourth-order valence-corrected chi connectivity index (χ4v) is 2.58. The molecule has 1 N–H and O–H groups in total. The maximum absolute atomic E-state index is 5.81. The van der Waals surface area contributed by atoms with Gasteiger partial charge in [0.1, 0.15) is 5.82 Å². The van der Waals surface area contributed by atoms with Gasteiger partial charge in [-0.2, -0.15) is 0 Å². The van der Waals surface area contributed by atoms with E-state index in [1.54, 1.807) is 0 Å². The number of H-pyrrole nitrogens is 1. The van der Waals surface area contributed by atoms with E-state index in [9.17, 15) is 0 Å². The molecule has 0 bridgehead atoms. The van der Waals surface area contributed by atoms with Crippen LogP contribution in [0.15, 0.2) is 48.7 Å². The Kier molecular flexibility index (Phi) is 4.69. The van der Waals surface area contributed by atoms with E-state index in [2.05, 4.69) is 59.4 Å². The van der Waals surface area contributed by atoms with E-state index in [1.807, 2.05) is 6.20 Å². The molecule has 0 spiro atoms. The quantitative estimate of drug-likeness (QED) is 0.687. The van der Waals surface area contributed by atoms with Crippen molar-refractivity contribution in [3.8, 4) is 0 Å². The van der Waals surface area contributed by atoms with Crippen molar-refractivity contribution >= 4 is 34.8 Å². The fourth-order valence-electron chi connectivity index (χ4n) is 2.44. The first-order valence-electron chi connectivity index (χ1n) is 6.37. The summed E-state index contributed by atoms with van der Waals surface area (Å²) in [6, 6.07) is 14.8. The highest BCUT2D eigenvalue weighted by Gasteiger charge is 2.14. The summed E-state index contributed by atoms with van der Waals surface area (Å²) in [5.41, 5.74) is 2.25. The van der Waals surface area contributed by atoms with E-state index in [-0.39, 0.29) is 18.3 Å². The van der Waals surface area contributed by atoms with Gasteiger partial charge in [0.2, 0.25) is 0 Å². The van der Waals surface area contributed by atoms with Crippen LogP contribution in [0.1, 0.15) is 29.9 Å². The van der Waals surface area contributed by atoms with Gasteiger partial charge in [-0.3, -0.25) is 0 Å². The van der Waals surface area contributed by atoms with Gasteiger partial charge in [0, 0.05) is 17.8 Å². The molecule has 2 aromatic carbocycles. The molecule has 20 heavy (non-hydrogen) atoms. The summed E-state index contributed by atoms with van der Waals surface area (Å²) in [4.78, 5) is 7.71. The summed E-state index contributed by atoms with van der Waals surface area (Å²) >= 11 is 5.81. The van der Waals surface area contributed by atoms with E-state index in [1.165, 1.54) is 16.3 Å². The van der Waals surface area contributed by atoms with Crippen LogP contribution in [0.4, 0.5) is 0 Å². The van der Waals surface area contributed by atoms with Crippen molar-refractivity contribution in [2.75, 3.05) is 0 Å². The number of nitrogens with one attached hydrogen (secondary N) is 1. The predicted octanol–water partition coefficient (Wildman–Crippen LogP) is 4.88. The molecule has 1 unspecified atom stereocenters. The summed E-state index contributed by atoms with van der Waals surface area (Å²) in [7, 11) is 0. The molecule has 0 radical (unpaired) electrons. The second-order valence-corrected chi connectivity index (χ2v) is 4.98. The lowest BCUT2D eigenvalue weighted by Gasteiger charge is -2.12. The van der Waals surface area contributed by atoms with Crippen LogP contribution in [0.25, 0.3) is 10.8 Å². The number of halogens is 2. The van der Waals surface area contributed by atoms with Gasteiger partial charge < -0.3 is 4.98 Å². The Morgan fingerprint density at radius 2 is 1.90 bits per heavy atom. The van der Waals surface area contributed by atoms with Crippen molar-refractivity contribution in [1.29, 1.82) is 0 Å².